The summed E-state index contributed by atoms with van der Waals surface area (Å²) in [6.07, 6.45) is 4.93. The van der Waals surface area contributed by atoms with Crippen molar-refractivity contribution in [3.63, 3.8) is 0 Å². The molecule has 1 aliphatic carbocycles. The Morgan fingerprint density at radius 3 is 2.88 bits per heavy atom. The van der Waals surface area contributed by atoms with Crippen molar-refractivity contribution in [1.82, 2.24) is 5.32 Å². The molecular formula is C20H27NO4. The molecule has 0 aromatic heterocycles. The highest BCUT2D eigenvalue weighted by Crippen LogP contribution is 2.34. The van der Waals surface area contributed by atoms with Crippen LogP contribution in [-0.4, -0.2) is 35.7 Å². The van der Waals surface area contributed by atoms with Gasteiger partial charge in [0.05, 0.1) is 6.10 Å². The molecule has 5 nitrogen and oxygen atoms in total. The maximum atomic E-state index is 12.5. The van der Waals surface area contributed by atoms with Crippen LogP contribution in [0.4, 0.5) is 0 Å². The summed E-state index contributed by atoms with van der Waals surface area (Å²) in [5.74, 6) is -1.05. The predicted octanol–water partition coefficient (Wildman–Crippen LogP) is 2.88. The number of carboxylic acids is 1. The molecule has 4 atom stereocenters. The van der Waals surface area contributed by atoms with Gasteiger partial charge in [0.2, 0.25) is 5.91 Å². The molecule has 1 saturated heterocycles. The van der Waals surface area contributed by atoms with Gasteiger partial charge in [-0.05, 0) is 62.5 Å². The second-order valence-electron chi connectivity index (χ2n) is 7.33. The van der Waals surface area contributed by atoms with E-state index in [-0.39, 0.29) is 23.8 Å². The van der Waals surface area contributed by atoms with Crippen molar-refractivity contribution in [2.24, 2.45) is 5.92 Å². The number of aryl methyl sites for hydroxylation is 1. The average molecular weight is 345 g/mol. The fourth-order valence-corrected chi connectivity index (χ4v) is 4.13. The molecule has 25 heavy (non-hydrogen) atoms. The minimum absolute atomic E-state index is 0.0537. The van der Waals surface area contributed by atoms with Crippen molar-refractivity contribution in [2.75, 3.05) is 6.61 Å². The molecule has 0 radical (unpaired) electrons. The lowest BCUT2D eigenvalue weighted by atomic mass is 9.79. The van der Waals surface area contributed by atoms with Crippen molar-refractivity contribution >= 4 is 11.9 Å². The Morgan fingerprint density at radius 1 is 1.32 bits per heavy atom. The normalized spacial score (nSPS) is 27.2. The molecule has 3 rings (SSSR count). The van der Waals surface area contributed by atoms with E-state index in [4.69, 9.17) is 4.74 Å². The first-order valence-corrected chi connectivity index (χ1v) is 9.27. The molecule has 1 fully saturated rings. The van der Waals surface area contributed by atoms with Crippen molar-refractivity contribution < 1.29 is 19.4 Å². The Balaban J connectivity index is 1.66. The number of fused-ring (bicyclic) bond motifs is 1. The first-order chi connectivity index (χ1) is 12.0. The van der Waals surface area contributed by atoms with Crippen molar-refractivity contribution in [3.8, 4) is 0 Å². The van der Waals surface area contributed by atoms with E-state index in [0.717, 1.165) is 19.3 Å². The Kier molecular flexibility index (Phi) is 5.74. The zero-order valence-electron chi connectivity index (χ0n) is 14.7. The molecule has 0 spiro atoms. The van der Waals surface area contributed by atoms with Gasteiger partial charge in [-0.25, -0.2) is 4.79 Å². The molecule has 1 amide bonds. The Labute approximate surface area is 148 Å². The third-order valence-corrected chi connectivity index (χ3v) is 5.48. The maximum Gasteiger partial charge on any atom is 0.326 e. The number of aliphatic carboxylic acids is 1. The van der Waals surface area contributed by atoms with E-state index in [1.165, 1.54) is 11.1 Å². The lowest BCUT2D eigenvalue weighted by molar-refractivity contribution is -0.143. The van der Waals surface area contributed by atoms with Crippen LogP contribution in [0.3, 0.4) is 0 Å². The molecule has 136 valence electrons. The second kappa shape index (κ2) is 8.00. The van der Waals surface area contributed by atoms with Gasteiger partial charge in [-0.2, -0.15) is 0 Å². The number of hydrogen-bond acceptors (Lipinski definition) is 3. The van der Waals surface area contributed by atoms with E-state index in [9.17, 15) is 14.7 Å². The smallest absolute Gasteiger partial charge is 0.326 e. The number of rotatable bonds is 5. The first-order valence-electron chi connectivity index (χ1n) is 9.27. The van der Waals surface area contributed by atoms with Gasteiger partial charge in [-0.15, -0.1) is 0 Å². The van der Waals surface area contributed by atoms with Gasteiger partial charge in [0.15, 0.2) is 0 Å². The van der Waals surface area contributed by atoms with Gasteiger partial charge < -0.3 is 15.2 Å². The average Bonchev–Trinajstić information content (AvgIpc) is 2.61. The number of benzene rings is 1. The van der Waals surface area contributed by atoms with Gasteiger partial charge in [-0.1, -0.05) is 24.3 Å². The van der Waals surface area contributed by atoms with Crippen LogP contribution in [0.5, 0.6) is 0 Å². The second-order valence-corrected chi connectivity index (χ2v) is 7.33. The Morgan fingerprint density at radius 2 is 2.12 bits per heavy atom. The number of carboxylic acid groups (broad SMARTS) is 1. The van der Waals surface area contributed by atoms with Crippen LogP contribution < -0.4 is 5.32 Å². The van der Waals surface area contributed by atoms with E-state index in [1.807, 2.05) is 19.1 Å². The van der Waals surface area contributed by atoms with Crippen LogP contribution in [0.2, 0.25) is 0 Å². The topological polar surface area (TPSA) is 75.6 Å². The molecule has 0 bridgehead atoms. The number of hydrogen-bond donors (Lipinski definition) is 2. The van der Waals surface area contributed by atoms with Crippen LogP contribution in [0.15, 0.2) is 24.3 Å². The predicted molar refractivity (Wildman–Crippen MR) is 94.4 cm³/mol. The van der Waals surface area contributed by atoms with Crippen LogP contribution >= 0.6 is 0 Å². The third-order valence-electron chi connectivity index (χ3n) is 5.48. The van der Waals surface area contributed by atoms with Crippen LogP contribution in [0.25, 0.3) is 0 Å². The number of ether oxygens (including phenoxy) is 1. The first kappa shape index (κ1) is 17.9. The van der Waals surface area contributed by atoms with E-state index in [0.29, 0.717) is 25.9 Å². The van der Waals surface area contributed by atoms with E-state index in [2.05, 4.69) is 17.4 Å². The zero-order valence-corrected chi connectivity index (χ0v) is 14.7. The standard InChI is InChI=1S/C20H27NO4/c1-13-11-16(9-10-25-13)19(22)21-18(20(23)24)12-15-7-4-6-14-5-2-3-8-17(14)15/h2-3,5,8,13,15-16,18H,4,6-7,9-12H2,1H3,(H,21,22)(H,23,24)/t13-,15+,16-,18-/m1/s1. The number of amides is 1. The maximum absolute atomic E-state index is 12.5. The van der Waals surface area contributed by atoms with Crippen molar-refractivity contribution in [3.05, 3.63) is 35.4 Å². The number of nitrogens with one attached hydrogen (secondary N) is 1. The number of carbonyl (C=O) groups is 2. The highest BCUT2D eigenvalue weighted by atomic mass is 16.5. The van der Waals surface area contributed by atoms with Crippen LogP contribution in [0, 0.1) is 5.92 Å². The molecule has 2 aliphatic rings. The highest BCUT2D eigenvalue weighted by molar-refractivity contribution is 5.85. The monoisotopic (exact) mass is 345 g/mol. The summed E-state index contributed by atoms with van der Waals surface area (Å²) >= 11 is 0. The summed E-state index contributed by atoms with van der Waals surface area (Å²) < 4.78 is 5.47. The highest BCUT2D eigenvalue weighted by Gasteiger charge is 2.31. The summed E-state index contributed by atoms with van der Waals surface area (Å²) in [6, 6.07) is 7.43. The van der Waals surface area contributed by atoms with Crippen LogP contribution in [-0.2, 0) is 20.7 Å². The summed E-state index contributed by atoms with van der Waals surface area (Å²) in [5.41, 5.74) is 2.56. The molecule has 0 saturated carbocycles. The molecule has 5 heteroatoms. The molecular weight excluding hydrogens is 318 g/mol. The fraction of sp³-hybridized carbons (Fsp3) is 0.600. The Bertz CT molecular complexity index is 630. The third kappa shape index (κ3) is 4.40. The van der Waals surface area contributed by atoms with E-state index >= 15 is 0 Å². The van der Waals surface area contributed by atoms with Crippen LogP contribution in [0.1, 0.15) is 56.1 Å². The van der Waals surface area contributed by atoms with Crippen molar-refractivity contribution in [2.45, 2.75) is 63.5 Å². The molecule has 1 aromatic carbocycles. The van der Waals surface area contributed by atoms with Crippen molar-refractivity contribution in [1.29, 1.82) is 0 Å². The Hall–Kier alpha value is -1.88. The largest absolute Gasteiger partial charge is 0.480 e. The summed E-state index contributed by atoms with van der Waals surface area (Å²) in [4.78, 5) is 24.2. The molecule has 1 aromatic rings. The van der Waals surface area contributed by atoms with E-state index < -0.39 is 12.0 Å². The molecule has 1 aliphatic heterocycles. The lowest BCUT2D eigenvalue weighted by Crippen LogP contribution is -2.46. The molecule has 0 unspecified atom stereocenters. The van der Waals surface area contributed by atoms with Gasteiger partial charge in [0.25, 0.3) is 0 Å². The van der Waals surface area contributed by atoms with Gasteiger partial charge in [0, 0.05) is 12.5 Å². The summed E-state index contributed by atoms with van der Waals surface area (Å²) in [5, 5.41) is 12.4. The van der Waals surface area contributed by atoms with E-state index in [1.54, 1.807) is 0 Å². The van der Waals surface area contributed by atoms with Gasteiger partial charge in [-0.3, -0.25) is 4.79 Å². The summed E-state index contributed by atoms with van der Waals surface area (Å²) in [7, 11) is 0. The molecule has 1 heterocycles. The molecule has 2 N–H and O–H groups in total. The van der Waals surface area contributed by atoms with Gasteiger partial charge >= 0.3 is 5.97 Å². The fourth-order valence-electron chi connectivity index (χ4n) is 4.13. The summed E-state index contributed by atoms with van der Waals surface area (Å²) in [6.45, 7) is 2.51. The lowest BCUT2D eigenvalue weighted by Gasteiger charge is -2.30. The minimum Gasteiger partial charge on any atom is -0.480 e. The number of carbonyl (C=O) groups excluding carboxylic acids is 1. The minimum atomic E-state index is -0.948. The zero-order chi connectivity index (χ0) is 17.8. The van der Waals surface area contributed by atoms with Gasteiger partial charge in [0.1, 0.15) is 6.04 Å². The quantitative estimate of drug-likeness (QED) is 0.860. The SMILES string of the molecule is C[C@@H]1C[C@H](C(=O)N[C@H](C[C@@H]2CCCc3ccccc32)C(=O)O)CCO1.